The van der Waals surface area contributed by atoms with Crippen LogP contribution in [0.4, 0.5) is 4.79 Å². The van der Waals surface area contributed by atoms with E-state index >= 15 is 0 Å². The van der Waals surface area contributed by atoms with Gasteiger partial charge in [0.1, 0.15) is 6.54 Å². The number of hydrogen-bond acceptors (Lipinski definition) is 3. The van der Waals surface area contributed by atoms with Gasteiger partial charge in [0.15, 0.2) is 0 Å². The van der Waals surface area contributed by atoms with E-state index in [9.17, 15) is 9.59 Å². The molecule has 0 aromatic heterocycles. The molecule has 6 nitrogen and oxygen atoms in total. The zero-order valence-corrected chi connectivity index (χ0v) is 10.6. The number of primary amides is 1. The van der Waals surface area contributed by atoms with E-state index in [1.54, 1.807) is 16.8 Å². The number of rotatable bonds is 4. The Morgan fingerprint density at radius 3 is 2.65 bits per heavy atom. The van der Waals surface area contributed by atoms with Crippen molar-refractivity contribution in [1.29, 1.82) is 0 Å². The molecule has 98 valence electrons. The van der Waals surface area contributed by atoms with Crippen molar-refractivity contribution in [1.82, 2.24) is 15.1 Å². The molecular weight excluding hydrogens is 220 g/mol. The molecule has 1 rings (SSSR count). The molecule has 0 spiro atoms. The maximum Gasteiger partial charge on any atom is 0.320 e. The molecule has 0 aromatic carbocycles. The Balaban J connectivity index is 2.70. The largest absolute Gasteiger partial charge is 0.368 e. The van der Waals surface area contributed by atoms with E-state index in [1.165, 1.54) is 0 Å². The fourth-order valence-electron chi connectivity index (χ4n) is 1.97. The number of piperidine rings is 1. The predicted molar refractivity (Wildman–Crippen MR) is 65.5 cm³/mol. The summed E-state index contributed by atoms with van der Waals surface area (Å²) < 4.78 is 0. The van der Waals surface area contributed by atoms with Crippen LogP contribution in [0.15, 0.2) is 0 Å². The van der Waals surface area contributed by atoms with Crippen molar-refractivity contribution in [2.45, 2.75) is 25.8 Å². The van der Waals surface area contributed by atoms with Crippen LogP contribution in [0.2, 0.25) is 0 Å². The minimum atomic E-state index is -0.464. The van der Waals surface area contributed by atoms with Crippen LogP contribution in [0.25, 0.3) is 0 Å². The quantitative estimate of drug-likeness (QED) is 0.704. The molecule has 1 aliphatic heterocycles. The van der Waals surface area contributed by atoms with Crippen molar-refractivity contribution in [3.8, 4) is 0 Å². The van der Waals surface area contributed by atoms with Gasteiger partial charge in [0.05, 0.1) is 0 Å². The zero-order chi connectivity index (χ0) is 12.8. The SMILES string of the molecule is CCN(C)C(=O)N(CC(N)=O)C1CCCNC1. The van der Waals surface area contributed by atoms with Gasteiger partial charge in [0.25, 0.3) is 0 Å². The third kappa shape index (κ3) is 3.89. The highest BCUT2D eigenvalue weighted by molar-refractivity contribution is 5.83. The Hall–Kier alpha value is -1.30. The molecule has 0 aliphatic carbocycles. The van der Waals surface area contributed by atoms with E-state index in [0.29, 0.717) is 6.54 Å². The minimum absolute atomic E-state index is 0.00444. The number of carbonyl (C=O) groups excluding carboxylic acids is 2. The van der Waals surface area contributed by atoms with Crippen LogP contribution in [0.1, 0.15) is 19.8 Å². The smallest absolute Gasteiger partial charge is 0.320 e. The lowest BCUT2D eigenvalue weighted by Gasteiger charge is -2.36. The minimum Gasteiger partial charge on any atom is -0.368 e. The second kappa shape index (κ2) is 6.44. The van der Waals surface area contributed by atoms with E-state index in [1.807, 2.05) is 6.92 Å². The van der Waals surface area contributed by atoms with Gasteiger partial charge in [-0.1, -0.05) is 0 Å². The predicted octanol–water partition coefficient (Wildman–Crippen LogP) is -0.403. The summed E-state index contributed by atoms with van der Waals surface area (Å²) >= 11 is 0. The lowest BCUT2D eigenvalue weighted by Crippen LogP contribution is -2.54. The number of amides is 3. The highest BCUT2D eigenvalue weighted by Crippen LogP contribution is 2.12. The van der Waals surface area contributed by atoms with Crippen molar-refractivity contribution in [2.75, 3.05) is 33.2 Å². The highest BCUT2D eigenvalue weighted by Gasteiger charge is 2.28. The number of carbonyl (C=O) groups is 2. The third-order valence-corrected chi connectivity index (χ3v) is 3.08. The van der Waals surface area contributed by atoms with Gasteiger partial charge in [-0.2, -0.15) is 0 Å². The number of nitrogens with zero attached hydrogens (tertiary/aromatic N) is 2. The first-order valence-electron chi connectivity index (χ1n) is 6.07. The standard InChI is InChI=1S/C11H22N4O2/c1-3-14(2)11(17)15(8-10(12)16)9-5-4-6-13-7-9/h9,13H,3-8H2,1-2H3,(H2,12,16). The van der Waals surface area contributed by atoms with Gasteiger partial charge in [-0.15, -0.1) is 0 Å². The molecule has 6 heteroatoms. The molecule has 1 atom stereocenters. The topological polar surface area (TPSA) is 78.7 Å². The number of hydrogen-bond donors (Lipinski definition) is 2. The Morgan fingerprint density at radius 1 is 1.47 bits per heavy atom. The van der Waals surface area contributed by atoms with Gasteiger partial charge in [0, 0.05) is 26.2 Å². The van der Waals surface area contributed by atoms with E-state index in [-0.39, 0.29) is 18.6 Å². The fraction of sp³-hybridized carbons (Fsp3) is 0.818. The Kier molecular flexibility index (Phi) is 5.21. The molecule has 0 aromatic rings. The van der Waals surface area contributed by atoms with Crippen LogP contribution < -0.4 is 11.1 Å². The van der Waals surface area contributed by atoms with Crippen LogP contribution in [0.3, 0.4) is 0 Å². The van der Waals surface area contributed by atoms with Crippen molar-refractivity contribution < 1.29 is 9.59 Å². The molecule has 1 aliphatic rings. The summed E-state index contributed by atoms with van der Waals surface area (Å²) in [5, 5.41) is 3.24. The number of nitrogens with two attached hydrogens (primary N) is 1. The van der Waals surface area contributed by atoms with Gasteiger partial charge in [-0.25, -0.2) is 4.79 Å². The van der Waals surface area contributed by atoms with Crippen LogP contribution in [-0.2, 0) is 4.79 Å². The Bertz CT molecular complexity index is 277. The van der Waals surface area contributed by atoms with Gasteiger partial charge in [0.2, 0.25) is 5.91 Å². The fourth-order valence-corrected chi connectivity index (χ4v) is 1.97. The van der Waals surface area contributed by atoms with Crippen LogP contribution in [-0.4, -0.2) is 61.0 Å². The van der Waals surface area contributed by atoms with Gasteiger partial charge in [-0.3, -0.25) is 4.79 Å². The molecule has 17 heavy (non-hydrogen) atoms. The second-order valence-electron chi connectivity index (χ2n) is 4.39. The van der Waals surface area contributed by atoms with Crippen LogP contribution in [0.5, 0.6) is 0 Å². The number of nitrogens with one attached hydrogen (secondary N) is 1. The molecule has 1 heterocycles. The maximum atomic E-state index is 12.1. The molecule has 0 saturated carbocycles. The summed E-state index contributed by atoms with van der Waals surface area (Å²) in [4.78, 5) is 26.4. The molecule has 0 bridgehead atoms. The maximum absolute atomic E-state index is 12.1. The molecule has 1 unspecified atom stereocenters. The molecule has 0 radical (unpaired) electrons. The summed E-state index contributed by atoms with van der Waals surface area (Å²) in [5.74, 6) is -0.464. The summed E-state index contributed by atoms with van der Waals surface area (Å²) in [6, 6.07) is -0.0576. The normalized spacial score (nSPS) is 19.8. The van der Waals surface area contributed by atoms with Crippen molar-refractivity contribution >= 4 is 11.9 Å². The number of urea groups is 1. The van der Waals surface area contributed by atoms with Gasteiger partial charge >= 0.3 is 6.03 Å². The average Bonchev–Trinajstić information content (AvgIpc) is 2.35. The highest BCUT2D eigenvalue weighted by atomic mass is 16.2. The van der Waals surface area contributed by atoms with Gasteiger partial charge < -0.3 is 20.9 Å². The van der Waals surface area contributed by atoms with Crippen molar-refractivity contribution in [3.63, 3.8) is 0 Å². The van der Waals surface area contributed by atoms with Gasteiger partial charge in [-0.05, 0) is 26.3 Å². The van der Waals surface area contributed by atoms with E-state index in [4.69, 9.17) is 5.73 Å². The first kappa shape index (κ1) is 13.8. The van der Waals surface area contributed by atoms with Crippen molar-refractivity contribution in [3.05, 3.63) is 0 Å². The monoisotopic (exact) mass is 242 g/mol. The van der Waals surface area contributed by atoms with E-state index in [0.717, 1.165) is 25.9 Å². The average molecular weight is 242 g/mol. The zero-order valence-electron chi connectivity index (χ0n) is 10.6. The molecule has 3 N–H and O–H groups in total. The Labute approximate surface area is 102 Å². The molecule has 1 fully saturated rings. The third-order valence-electron chi connectivity index (χ3n) is 3.08. The first-order valence-corrected chi connectivity index (χ1v) is 6.07. The van der Waals surface area contributed by atoms with Crippen molar-refractivity contribution in [2.24, 2.45) is 5.73 Å². The summed E-state index contributed by atoms with van der Waals surface area (Å²) in [5.41, 5.74) is 5.21. The second-order valence-corrected chi connectivity index (χ2v) is 4.39. The first-order chi connectivity index (χ1) is 8.06. The van der Waals surface area contributed by atoms with E-state index < -0.39 is 5.91 Å². The Morgan fingerprint density at radius 2 is 2.18 bits per heavy atom. The lowest BCUT2D eigenvalue weighted by atomic mass is 10.1. The van der Waals surface area contributed by atoms with E-state index in [2.05, 4.69) is 5.32 Å². The molecular formula is C11H22N4O2. The summed E-state index contributed by atoms with van der Waals surface area (Å²) in [6.07, 6.45) is 1.94. The van der Waals surface area contributed by atoms with Crippen LogP contribution >= 0.6 is 0 Å². The van der Waals surface area contributed by atoms with Crippen LogP contribution in [0, 0.1) is 0 Å². The lowest BCUT2D eigenvalue weighted by molar-refractivity contribution is -0.119. The summed E-state index contributed by atoms with van der Waals surface area (Å²) in [7, 11) is 1.73. The molecule has 1 saturated heterocycles. The molecule has 3 amide bonds. The summed E-state index contributed by atoms with van der Waals surface area (Å²) in [6.45, 7) is 4.22.